The largest absolute Gasteiger partial charge is 0.481 e. The van der Waals surface area contributed by atoms with Crippen LogP contribution in [0, 0.1) is 0 Å². The maximum absolute atomic E-state index is 10.6. The van der Waals surface area contributed by atoms with E-state index in [-0.39, 0.29) is 6.42 Å². The highest BCUT2D eigenvalue weighted by Crippen LogP contribution is 2.29. The number of aliphatic carboxylic acids is 1. The Morgan fingerprint density at radius 1 is 1.20 bits per heavy atom. The van der Waals surface area contributed by atoms with E-state index in [0.29, 0.717) is 22.0 Å². The number of hydrogen-bond donors (Lipinski definition) is 1. The predicted molar refractivity (Wildman–Crippen MR) is 75.8 cm³/mol. The SMILES string of the molecule is O=C(O)Cc1ccc(-c2nc3cccc(Cl)c3o2)cc1. The van der Waals surface area contributed by atoms with Crippen LogP contribution in [0.25, 0.3) is 22.6 Å². The molecule has 0 unspecified atom stereocenters. The minimum absolute atomic E-state index is 0.000330. The summed E-state index contributed by atoms with van der Waals surface area (Å²) in [5.74, 6) is -0.388. The average molecular weight is 288 g/mol. The third-order valence-electron chi connectivity index (χ3n) is 2.92. The number of para-hydroxylation sites is 1. The molecule has 3 rings (SSSR count). The van der Waals surface area contributed by atoms with E-state index in [1.807, 2.05) is 12.1 Å². The van der Waals surface area contributed by atoms with Crippen molar-refractivity contribution in [3.8, 4) is 11.5 Å². The van der Waals surface area contributed by atoms with Crippen molar-refractivity contribution >= 4 is 28.7 Å². The molecule has 0 radical (unpaired) electrons. The van der Waals surface area contributed by atoms with Crippen molar-refractivity contribution in [3.05, 3.63) is 53.1 Å². The van der Waals surface area contributed by atoms with Crippen LogP contribution in [0.4, 0.5) is 0 Å². The molecule has 20 heavy (non-hydrogen) atoms. The number of nitrogens with zero attached hydrogens (tertiary/aromatic N) is 1. The minimum atomic E-state index is -0.855. The second kappa shape index (κ2) is 4.98. The van der Waals surface area contributed by atoms with Gasteiger partial charge in [0.05, 0.1) is 11.4 Å². The van der Waals surface area contributed by atoms with Gasteiger partial charge in [0.15, 0.2) is 5.58 Å². The average Bonchev–Trinajstić information content (AvgIpc) is 2.84. The zero-order chi connectivity index (χ0) is 14.1. The van der Waals surface area contributed by atoms with E-state index in [2.05, 4.69) is 4.98 Å². The third-order valence-corrected chi connectivity index (χ3v) is 3.22. The van der Waals surface area contributed by atoms with Gasteiger partial charge in [0.25, 0.3) is 0 Å². The van der Waals surface area contributed by atoms with Gasteiger partial charge in [0.2, 0.25) is 5.89 Å². The molecule has 3 aromatic rings. The van der Waals surface area contributed by atoms with Crippen LogP contribution in [0.15, 0.2) is 46.9 Å². The molecule has 1 heterocycles. The van der Waals surface area contributed by atoms with E-state index in [1.165, 1.54) is 0 Å². The summed E-state index contributed by atoms with van der Waals surface area (Å²) >= 11 is 6.04. The summed E-state index contributed by atoms with van der Waals surface area (Å²) in [4.78, 5) is 15.0. The molecular formula is C15H10ClNO3. The lowest BCUT2D eigenvalue weighted by molar-refractivity contribution is -0.136. The molecule has 0 aliphatic carbocycles. The maximum Gasteiger partial charge on any atom is 0.307 e. The Bertz CT molecular complexity index is 777. The molecule has 4 nitrogen and oxygen atoms in total. The van der Waals surface area contributed by atoms with Gasteiger partial charge in [-0.3, -0.25) is 4.79 Å². The molecule has 100 valence electrons. The first-order valence-electron chi connectivity index (χ1n) is 5.99. The number of carbonyl (C=O) groups is 1. The number of fused-ring (bicyclic) bond motifs is 1. The summed E-state index contributed by atoms with van der Waals surface area (Å²) in [6.45, 7) is 0. The van der Waals surface area contributed by atoms with Crippen LogP contribution in [0.1, 0.15) is 5.56 Å². The standard InChI is InChI=1S/C15H10ClNO3/c16-11-2-1-3-12-14(11)20-15(17-12)10-6-4-9(5-7-10)8-13(18)19/h1-7H,8H2,(H,18,19). The predicted octanol–water partition coefficient (Wildman–Crippen LogP) is 3.78. The second-order valence-electron chi connectivity index (χ2n) is 4.37. The van der Waals surface area contributed by atoms with Gasteiger partial charge < -0.3 is 9.52 Å². The van der Waals surface area contributed by atoms with Crippen LogP contribution in [0.2, 0.25) is 5.02 Å². The monoisotopic (exact) mass is 287 g/mol. The first-order valence-corrected chi connectivity index (χ1v) is 6.37. The van der Waals surface area contributed by atoms with Crippen LogP contribution < -0.4 is 0 Å². The molecule has 5 heteroatoms. The number of carboxylic acids is 1. The highest BCUT2D eigenvalue weighted by Gasteiger charge is 2.10. The van der Waals surface area contributed by atoms with Gasteiger partial charge in [-0.05, 0) is 29.8 Å². The fourth-order valence-electron chi connectivity index (χ4n) is 1.98. The topological polar surface area (TPSA) is 63.3 Å². The number of halogens is 1. The Morgan fingerprint density at radius 3 is 2.60 bits per heavy atom. The minimum Gasteiger partial charge on any atom is -0.481 e. The number of rotatable bonds is 3. The quantitative estimate of drug-likeness (QED) is 0.796. The maximum atomic E-state index is 10.6. The lowest BCUT2D eigenvalue weighted by atomic mass is 10.1. The van der Waals surface area contributed by atoms with Crippen LogP contribution >= 0.6 is 11.6 Å². The fourth-order valence-corrected chi connectivity index (χ4v) is 2.19. The zero-order valence-electron chi connectivity index (χ0n) is 10.3. The van der Waals surface area contributed by atoms with Gasteiger partial charge in [-0.15, -0.1) is 0 Å². The third kappa shape index (κ3) is 2.38. The Kier molecular flexibility index (Phi) is 3.16. The summed E-state index contributed by atoms with van der Waals surface area (Å²) in [7, 11) is 0. The number of aromatic nitrogens is 1. The van der Waals surface area contributed by atoms with Gasteiger partial charge in [-0.25, -0.2) is 4.98 Å². The molecular weight excluding hydrogens is 278 g/mol. The Balaban J connectivity index is 1.98. The van der Waals surface area contributed by atoms with Crippen LogP contribution in [0.5, 0.6) is 0 Å². The Labute approximate surface area is 119 Å². The van der Waals surface area contributed by atoms with Crippen molar-refractivity contribution in [1.82, 2.24) is 4.98 Å². The van der Waals surface area contributed by atoms with Gasteiger partial charge in [0, 0.05) is 5.56 Å². The molecule has 0 atom stereocenters. The normalized spacial score (nSPS) is 10.8. The van der Waals surface area contributed by atoms with E-state index < -0.39 is 5.97 Å². The van der Waals surface area contributed by atoms with Crippen molar-refractivity contribution < 1.29 is 14.3 Å². The molecule has 0 amide bonds. The van der Waals surface area contributed by atoms with Crippen molar-refractivity contribution in [2.75, 3.05) is 0 Å². The molecule has 0 bridgehead atoms. The van der Waals surface area contributed by atoms with Crippen LogP contribution in [0.3, 0.4) is 0 Å². The van der Waals surface area contributed by atoms with Crippen LogP contribution in [-0.4, -0.2) is 16.1 Å². The molecule has 1 aromatic heterocycles. The van der Waals surface area contributed by atoms with Crippen molar-refractivity contribution in [3.63, 3.8) is 0 Å². The van der Waals surface area contributed by atoms with Crippen molar-refractivity contribution in [2.45, 2.75) is 6.42 Å². The lowest BCUT2D eigenvalue weighted by Crippen LogP contribution is -1.99. The smallest absolute Gasteiger partial charge is 0.307 e. The first-order chi connectivity index (χ1) is 9.63. The number of hydrogen-bond acceptors (Lipinski definition) is 3. The molecule has 0 spiro atoms. The number of benzene rings is 2. The first kappa shape index (κ1) is 12.7. The van der Waals surface area contributed by atoms with Gasteiger partial charge in [-0.1, -0.05) is 29.8 Å². The van der Waals surface area contributed by atoms with E-state index in [1.54, 1.807) is 30.3 Å². The van der Waals surface area contributed by atoms with Gasteiger partial charge in [0.1, 0.15) is 5.52 Å². The summed E-state index contributed by atoms with van der Waals surface area (Å²) in [5, 5.41) is 9.25. The number of carboxylic acid groups (broad SMARTS) is 1. The molecule has 0 saturated heterocycles. The molecule has 0 aliphatic heterocycles. The lowest BCUT2D eigenvalue weighted by Gasteiger charge is -1.98. The molecule has 0 saturated carbocycles. The van der Waals surface area contributed by atoms with Crippen LogP contribution in [-0.2, 0) is 11.2 Å². The summed E-state index contributed by atoms with van der Waals surface area (Å²) in [6, 6.07) is 12.5. The Morgan fingerprint density at radius 2 is 1.95 bits per heavy atom. The zero-order valence-corrected chi connectivity index (χ0v) is 11.1. The summed E-state index contributed by atoms with van der Waals surface area (Å²) in [5.41, 5.74) is 2.77. The van der Waals surface area contributed by atoms with E-state index in [0.717, 1.165) is 11.1 Å². The summed E-state index contributed by atoms with van der Waals surface area (Å²) in [6.07, 6.45) is -0.000330. The molecule has 0 aliphatic rings. The molecule has 0 fully saturated rings. The van der Waals surface area contributed by atoms with Crippen molar-refractivity contribution in [1.29, 1.82) is 0 Å². The van der Waals surface area contributed by atoms with Crippen molar-refractivity contribution in [2.24, 2.45) is 0 Å². The van der Waals surface area contributed by atoms with Gasteiger partial charge in [-0.2, -0.15) is 0 Å². The molecule has 1 N–H and O–H groups in total. The van der Waals surface area contributed by atoms with Gasteiger partial charge >= 0.3 is 5.97 Å². The number of oxazole rings is 1. The fraction of sp³-hybridized carbons (Fsp3) is 0.0667. The van der Waals surface area contributed by atoms with E-state index in [4.69, 9.17) is 21.1 Å². The second-order valence-corrected chi connectivity index (χ2v) is 4.78. The summed E-state index contributed by atoms with van der Waals surface area (Å²) < 4.78 is 5.65. The van der Waals surface area contributed by atoms with E-state index >= 15 is 0 Å². The highest BCUT2D eigenvalue weighted by atomic mass is 35.5. The molecule has 2 aromatic carbocycles. The highest BCUT2D eigenvalue weighted by molar-refractivity contribution is 6.34. The Hall–Kier alpha value is -2.33. The van der Waals surface area contributed by atoms with E-state index in [9.17, 15) is 4.79 Å².